The molecule has 1 aromatic heterocycles. The van der Waals surface area contributed by atoms with Gasteiger partial charge in [-0.25, -0.2) is 4.98 Å². The maximum Gasteiger partial charge on any atom is 0.140 e. The van der Waals surface area contributed by atoms with E-state index in [0.29, 0.717) is 0 Å². The Labute approximate surface area is 103 Å². The zero-order valence-corrected chi connectivity index (χ0v) is 10.9. The molecule has 1 saturated heterocycles. The Morgan fingerprint density at radius 1 is 1.47 bits per heavy atom. The Balaban J connectivity index is 1.85. The second-order valence-electron chi connectivity index (χ2n) is 4.82. The number of rotatable bonds is 5. The molecule has 0 amide bonds. The molecule has 0 spiro atoms. The Morgan fingerprint density at radius 3 is 2.82 bits per heavy atom. The van der Waals surface area contributed by atoms with Gasteiger partial charge in [-0.05, 0) is 38.4 Å². The molecule has 0 saturated carbocycles. The molecule has 1 fully saturated rings. The number of aromatic nitrogens is 3. The van der Waals surface area contributed by atoms with Crippen LogP contribution in [0.25, 0.3) is 0 Å². The van der Waals surface area contributed by atoms with Crippen molar-refractivity contribution >= 4 is 0 Å². The van der Waals surface area contributed by atoms with E-state index in [1.807, 2.05) is 11.7 Å². The molecule has 17 heavy (non-hydrogen) atoms. The van der Waals surface area contributed by atoms with Crippen molar-refractivity contribution in [2.24, 2.45) is 13.0 Å². The minimum absolute atomic E-state index is 0.837. The SMILES string of the molecule is CCN(Cc1ncnn1C)CC1CCNCC1. The number of aryl methyl sites for hydroxylation is 1. The van der Waals surface area contributed by atoms with Crippen LogP contribution < -0.4 is 5.32 Å². The van der Waals surface area contributed by atoms with E-state index in [9.17, 15) is 0 Å². The Hall–Kier alpha value is -0.940. The number of nitrogens with zero attached hydrogens (tertiary/aromatic N) is 4. The van der Waals surface area contributed by atoms with Crippen LogP contribution >= 0.6 is 0 Å². The van der Waals surface area contributed by atoms with Gasteiger partial charge in [0.1, 0.15) is 12.2 Å². The van der Waals surface area contributed by atoms with Gasteiger partial charge in [0, 0.05) is 13.6 Å². The predicted octanol–water partition coefficient (Wildman–Crippen LogP) is 0.637. The molecule has 0 unspecified atom stereocenters. The highest BCUT2D eigenvalue weighted by Crippen LogP contribution is 2.14. The molecule has 5 heteroatoms. The molecule has 96 valence electrons. The lowest BCUT2D eigenvalue weighted by Gasteiger charge is -2.28. The van der Waals surface area contributed by atoms with E-state index >= 15 is 0 Å². The van der Waals surface area contributed by atoms with Crippen molar-refractivity contribution in [3.05, 3.63) is 12.2 Å². The highest BCUT2D eigenvalue weighted by atomic mass is 15.3. The largest absolute Gasteiger partial charge is 0.317 e. The lowest BCUT2D eigenvalue weighted by atomic mass is 9.97. The van der Waals surface area contributed by atoms with E-state index in [2.05, 4.69) is 27.2 Å². The van der Waals surface area contributed by atoms with Crippen LogP contribution in [-0.4, -0.2) is 45.8 Å². The van der Waals surface area contributed by atoms with E-state index in [-0.39, 0.29) is 0 Å². The summed E-state index contributed by atoms with van der Waals surface area (Å²) in [4.78, 5) is 6.77. The van der Waals surface area contributed by atoms with Crippen molar-refractivity contribution < 1.29 is 0 Å². The quantitative estimate of drug-likeness (QED) is 0.816. The van der Waals surface area contributed by atoms with Crippen molar-refractivity contribution in [1.82, 2.24) is 25.0 Å². The van der Waals surface area contributed by atoms with Crippen LogP contribution in [0.2, 0.25) is 0 Å². The first kappa shape index (κ1) is 12.5. The standard InChI is InChI=1S/C12H23N5/c1-3-17(8-11-4-6-13-7-5-11)9-12-14-10-15-16(12)2/h10-11,13H,3-9H2,1-2H3. The first-order valence-electron chi connectivity index (χ1n) is 6.55. The third-order valence-corrected chi connectivity index (χ3v) is 3.59. The van der Waals surface area contributed by atoms with Crippen molar-refractivity contribution in [2.75, 3.05) is 26.2 Å². The average Bonchev–Trinajstić information content (AvgIpc) is 2.75. The van der Waals surface area contributed by atoms with E-state index < -0.39 is 0 Å². The third kappa shape index (κ3) is 3.51. The Bertz CT molecular complexity index is 329. The van der Waals surface area contributed by atoms with Gasteiger partial charge in [-0.2, -0.15) is 5.10 Å². The molecular weight excluding hydrogens is 214 g/mol. The number of nitrogens with one attached hydrogen (secondary N) is 1. The van der Waals surface area contributed by atoms with Crippen LogP contribution in [0.1, 0.15) is 25.6 Å². The van der Waals surface area contributed by atoms with Crippen molar-refractivity contribution in [1.29, 1.82) is 0 Å². The van der Waals surface area contributed by atoms with Gasteiger partial charge in [-0.1, -0.05) is 6.92 Å². The molecule has 1 N–H and O–H groups in total. The Morgan fingerprint density at radius 2 is 2.24 bits per heavy atom. The zero-order chi connectivity index (χ0) is 12.1. The molecular formula is C12H23N5. The number of piperidine rings is 1. The third-order valence-electron chi connectivity index (χ3n) is 3.59. The fourth-order valence-corrected chi connectivity index (χ4v) is 2.40. The fraction of sp³-hybridized carbons (Fsp3) is 0.833. The minimum Gasteiger partial charge on any atom is -0.317 e. The van der Waals surface area contributed by atoms with Crippen LogP contribution in [0.3, 0.4) is 0 Å². The summed E-state index contributed by atoms with van der Waals surface area (Å²) in [6.07, 6.45) is 4.23. The normalized spacial score (nSPS) is 17.8. The molecule has 0 aliphatic carbocycles. The maximum atomic E-state index is 4.29. The van der Waals surface area contributed by atoms with Gasteiger partial charge in [0.15, 0.2) is 0 Å². The summed E-state index contributed by atoms with van der Waals surface area (Å²) in [5.74, 6) is 1.89. The van der Waals surface area contributed by atoms with Crippen molar-refractivity contribution in [3.8, 4) is 0 Å². The molecule has 0 radical (unpaired) electrons. The highest BCUT2D eigenvalue weighted by molar-refractivity contribution is 4.84. The summed E-state index contributed by atoms with van der Waals surface area (Å²) in [6, 6.07) is 0. The molecule has 1 aliphatic heterocycles. The predicted molar refractivity (Wildman–Crippen MR) is 67.5 cm³/mol. The molecule has 1 aliphatic rings. The van der Waals surface area contributed by atoms with Gasteiger partial charge in [0.05, 0.1) is 6.54 Å². The smallest absolute Gasteiger partial charge is 0.140 e. The first-order chi connectivity index (χ1) is 8.29. The van der Waals surface area contributed by atoms with Gasteiger partial charge < -0.3 is 5.32 Å². The lowest BCUT2D eigenvalue weighted by molar-refractivity contribution is 0.201. The molecule has 0 bridgehead atoms. The van der Waals surface area contributed by atoms with Gasteiger partial charge in [0.2, 0.25) is 0 Å². The molecule has 2 rings (SSSR count). The molecule has 5 nitrogen and oxygen atoms in total. The molecule has 0 atom stereocenters. The molecule has 2 heterocycles. The summed E-state index contributed by atoms with van der Waals surface area (Å²) >= 11 is 0. The molecule has 0 aromatic carbocycles. The monoisotopic (exact) mass is 237 g/mol. The zero-order valence-electron chi connectivity index (χ0n) is 10.9. The van der Waals surface area contributed by atoms with Gasteiger partial charge in [0.25, 0.3) is 0 Å². The van der Waals surface area contributed by atoms with E-state index in [1.165, 1.54) is 32.5 Å². The summed E-state index contributed by atoms with van der Waals surface area (Å²) in [7, 11) is 1.96. The van der Waals surface area contributed by atoms with Crippen LogP contribution in [0.15, 0.2) is 6.33 Å². The van der Waals surface area contributed by atoms with Gasteiger partial charge in [-0.3, -0.25) is 9.58 Å². The second-order valence-corrected chi connectivity index (χ2v) is 4.82. The Kier molecular flexibility index (Phi) is 4.50. The summed E-state index contributed by atoms with van der Waals surface area (Å²) in [5, 5.41) is 7.54. The summed E-state index contributed by atoms with van der Waals surface area (Å²) < 4.78 is 1.87. The lowest BCUT2D eigenvalue weighted by Crippen LogP contribution is -2.36. The van der Waals surface area contributed by atoms with Crippen LogP contribution in [0.4, 0.5) is 0 Å². The summed E-state index contributed by atoms with van der Waals surface area (Å²) in [6.45, 7) is 7.74. The topological polar surface area (TPSA) is 46.0 Å². The highest BCUT2D eigenvalue weighted by Gasteiger charge is 2.17. The first-order valence-corrected chi connectivity index (χ1v) is 6.55. The van der Waals surface area contributed by atoms with Crippen molar-refractivity contribution in [2.45, 2.75) is 26.3 Å². The number of hydrogen-bond donors (Lipinski definition) is 1. The van der Waals surface area contributed by atoms with E-state index in [0.717, 1.165) is 24.8 Å². The van der Waals surface area contributed by atoms with Crippen molar-refractivity contribution in [3.63, 3.8) is 0 Å². The summed E-state index contributed by atoms with van der Waals surface area (Å²) in [5.41, 5.74) is 0. The average molecular weight is 237 g/mol. The van der Waals surface area contributed by atoms with E-state index in [1.54, 1.807) is 6.33 Å². The maximum absolute atomic E-state index is 4.29. The minimum atomic E-state index is 0.837. The van der Waals surface area contributed by atoms with E-state index in [4.69, 9.17) is 0 Å². The van der Waals surface area contributed by atoms with Crippen LogP contribution in [-0.2, 0) is 13.6 Å². The van der Waals surface area contributed by atoms with Crippen LogP contribution in [0.5, 0.6) is 0 Å². The fourth-order valence-electron chi connectivity index (χ4n) is 2.40. The van der Waals surface area contributed by atoms with Gasteiger partial charge in [-0.15, -0.1) is 0 Å². The molecule has 1 aromatic rings. The second kappa shape index (κ2) is 6.12. The van der Waals surface area contributed by atoms with Gasteiger partial charge >= 0.3 is 0 Å². The van der Waals surface area contributed by atoms with Crippen LogP contribution in [0, 0.1) is 5.92 Å². The number of hydrogen-bond acceptors (Lipinski definition) is 4.